The van der Waals surface area contributed by atoms with E-state index in [-0.39, 0.29) is 11.2 Å². The molecule has 29 heavy (non-hydrogen) atoms. The van der Waals surface area contributed by atoms with Crippen molar-refractivity contribution >= 4 is 23.4 Å². The van der Waals surface area contributed by atoms with Crippen LogP contribution < -0.4 is 4.90 Å². The maximum absolute atomic E-state index is 13.1. The van der Waals surface area contributed by atoms with E-state index in [9.17, 15) is 4.79 Å². The minimum Gasteiger partial charge on any atom is -0.368 e. The fraction of sp³-hybridized carbons (Fsp3) is 0.565. The second-order valence-electron chi connectivity index (χ2n) is 8.28. The first-order valence-corrected chi connectivity index (χ1v) is 11.7. The lowest BCUT2D eigenvalue weighted by molar-refractivity contribution is -0.130. The number of imidazole rings is 1. The van der Waals surface area contributed by atoms with E-state index in [0.717, 1.165) is 37.0 Å². The lowest BCUT2D eigenvalue weighted by atomic mass is 10.2. The van der Waals surface area contributed by atoms with Gasteiger partial charge in [0.25, 0.3) is 0 Å². The summed E-state index contributed by atoms with van der Waals surface area (Å²) in [7, 11) is 0. The van der Waals surface area contributed by atoms with Gasteiger partial charge in [0, 0.05) is 43.6 Å². The quantitative estimate of drug-likeness (QED) is 0.681. The number of para-hydroxylation sites is 1. The smallest absolute Gasteiger partial charge is 0.236 e. The predicted molar refractivity (Wildman–Crippen MR) is 120 cm³/mol. The standard InChI is InChI=1S/C23H32N4OS/c1-17-18(2)27(21-11-7-8-12-21)23(24-17)29-19(3)22(28)26-15-13-25(14-16-26)20-9-5-4-6-10-20/h4-6,9-10,19,21H,7-8,11-16H2,1-3H3/t19-/m0/s1. The van der Waals surface area contributed by atoms with Crippen molar-refractivity contribution in [3.05, 3.63) is 41.7 Å². The molecule has 1 aliphatic carbocycles. The normalized spacial score (nSPS) is 19.0. The molecular weight excluding hydrogens is 380 g/mol. The van der Waals surface area contributed by atoms with E-state index in [1.165, 1.54) is 37.1 Å². The summed E-state index contributed by atoms with van der Waals surface area (Å²) in [6, 6.07) is 11.0. The number of thioether (sulfide) groups is 1. The number of aromatic nitrogens is 2. The largest absolute Gasteiger partial charge is 0.368 e. The summed E-state index contributed by atoms with van der Waals surface area (Å²) in [6.45, 7) is 9.64. The highest BCUT2D eigenvalue weighted by Crippen LogP contribution is 2.36. The van der Waals surface area contributed by atoms with Crippen molar-refractivity contribution in [1.29, 1.82) is 0 Å². The van der Waals surface area contributed by atoms with Crippen LogP contribution >= 0.6 is 11.8 Å². The molecule has 2 fully saturated rings. The first kappa shape index (κ1) is 20.3. The van der Waals surface area contributed by atoms with Crippen LogP contribution in [0.25, 0.3) is 0 Å². The molecule has 156 valence electrons. The van der Waals surface area contributed by atoms with Crippen LogP contribution in [0.5, 0.6) is 0 Å². The van der Waals surface area contributed by atoms with Gasteiger partial charge in [-0.05, 0) is 45.7 Å². The minimum atomic E-state index is -0.111. The van der Waals surface area contributed by atoms with E-state index in [1.54, 1.807) is 11.8 Å². The second-order valence-corrected chi connectivity index (χ2v) is 9.59. The maximum atomic E-state index is 13.1. The second kappa shape index (κ2) is 8.82. The molecule has 2 heterocycles. The number of rotatable bonds is 5. The topological polar surface area (TPSA) is 41.4 Å². The predicted octanol–water partition coefficient (Wildman–Crippen LogP) is 4.44. The fourth-order valence-electron chi connectivity index (χ4n) is 4.56. The van der Waals surface area contributed by atoms with E-state index >= 15 is 0 Å². The average molecular weight is 413 g/mol. The summed E-state index contributed by atoms with van der Waals surface area (Å²) in [5.74, 6) is 0.235. The number of aryl methyl sites for hydroxylation is 1. The van der Waals surface area contributed by atoms with Gasteiger partial charge in [0.2, 0.25) is 5.91 Å². The molecule has 2 aromatic rings. The van der Waals surface area contributed by atoms with E-state index in [2.05, 4.69) is 47.6 Å². The molecule has 5 nitrogen and oxygen atoms in total. The van der Waals surface area contributed by atoms with Gasteiger partial charge in [0.15, 0.2) is 5.16 Å². The van der Waals surface area contributed by atoms with Crippen LogP contribution in [-0.2, 0) is 4.79 Å². The molecule has 0 unspecified atom stereocenters. The number of hydrogen-bond acceptors (Lipinski definition) is 4. The summed E-state index contributed by atoms with van der Waals surface area (Å²) >= 11 is 1.64. The Labute approximate surface area is 178 Å². The summed E-state index contributed by atoms with van der Waals surface area (Å²) in [5.41, 5.74) is 3.60. The number of benzene rings is 1. The van der Waals surface area contributed by atoms with Crippen molar-refractivity contribution in [2.75, 3.05) is 31.1 Å². The van der Waals surface area contributed by atoms with E-state index in [1.807, 2.05) is 17.9 Å². The molecule has 1 aromatic carbocycles. The molecule has 2 aliphatic rings. The number of nitrogens with zero attached hydrogens (tertiary/aromatic N) is 4. The van der Waals surface area contributed by atoms with Gasteiger partial charge in [-0.2, -0.15) is 0 Å². The molecule has 1 saturated heterocycles. The summed E-state index contributed by atoms with van der Waals surface area (Å²) in [5, 5.41) is 0.912. The van der Waals surface area contributed by atoms with E-state index < -0.39 is 0 Å². The van der Waals surface area contributed by atoms with Crippen LogP contribution in [0.15, 0.2) is 35.5 Å². The molecule has 0 N–H and O–H groups in total. The van der Waals surface area contributed by atoms with Crippen molar-refractivity contribution < 1.29 is 4.79 Å². The summed E-state index contributed by atoms with van der Waals surface area (Å²) in [4.78, 5) is 22.3. The molecule has 1 aromatic heterocycles. The lowest BCUT2D eigenvalue weighted by Crippen LogP contribution is -2.50. The average Bonchev–Trinajstić information content (AvgIpc) is 3.36. The Morgan fingerprint density at radius 1 is 1.07 bits per heavy atom. The van der Waals surface area contributed by atoms with Gasteiger partial charge in [0.05, 0.1) is 10.9 Å². The third kappa shape index (κ3) is 4.32. The number of amides is 1. The molecule has 6 heteroatoms. The van der Waals surface area contributed by atoms with Crippen LogP contribution in [-0.4, -0.2) is 51.8 Å². The lowest BCUT2D eigenvalue weighted by Gasteiger charge is -2.37. The SMILES string of the molecule is Cc1nc(S[C@@H](C)C(=O)N2CCN(c3ccccc3)CC2)n(C2CCCC2)c1C. The molecule has 0 radical (unpaired) electrons. The van der Waals surface area contributed by atoms with E-state index in [4.69, 9.17) is 4.98 Å². The number of carbonyl (C=O) groups is 1. The number of piperazine rings is 1. The Hall–Kier alpha value is -1.95. The van der Waals surface area contributed by atoms with Crippen molar-refractivity contribution in [3.63, 3.8) is 0 Å². The fourth-order valence-corrected chi connectivity index (χ4v) is 5.72. The molecule has 1 amide bonds. The zero-order chi connectivity index (χ0) is 20.4. The number of anilines is 1. The maximum Gasteiger partial charge on any atom is 0.236 e. The molecule has 0 spiro atoms. The summed E-state index contributed by atoms with van der Waals surface area (Å²) < 4.78 is 2.41. The third-order valence-corrected chi connectivity index (χ3v) is 7.44. The zero-order valence-electron chi connectivity index (χ0n) is 17.8. The molecular formula is C23H32N4OS. The monoisotopic (exact) mass is 412 g/mol. The highest BCUT2D eigenvalue weighted by Gasteiger charge is 2.29. The molecule has 1 aliphatic heterocycles. The van der Waals surface area contributed by atoms with Gasteiger partial charge in [-0.25, -0.2) is 4.98 Å². The van der Waals surface area contributed by atoms with Crippen molar-refractivity contribution in [2.45, 2.75) is 62.9 Å². The highest BCUT2D eigenvalue weighted by atomic mass is 32.2. The Balaban J connectivity index is 1.39. The Kier molecular flexibility index (Phi) is 6.18. The summed E-state index contributed by atoms with van der Waals surface area (Å²) in [6.07, 6.45) is 5.05. The molecule has 0 bridgehead atoms. The molecule has 1 saturated carbocycles. The van der Waals surface area contributed by atoms with Gasteiger partial charge in [-0.15, -0.1) is 0 Å². The third-order valence-electron chi connectivity index (χ3n) is 6.39. The Bertz CT molecular complexity index is 836. The van der Waals surface area contributed by atoms with Gasteiger partial charge in [0.1, 0.15) is 0 Å². The van der Waals surface area contributed by atoms with Gasteiger partial charge >= 0.3 is 0 Å². The van der Waals surface area contributed by atoms with Crippen LogP contribution in [0, 0.1) is 13.8 Å². The number of hydrogen-bond donors (Lipinski definition) is 0. The van der Waals surface area contributed by atoms with Crippen LogP contribution in [0.4, 0.5) is 5.69 Å². The van der Waals surface area contributed by atoms with Gasteiger partial charge in [-0.1, -0.05) is 42.8 Å². The zero-order valence-corrected chi connectivity index (χ0v) is 18.6. The van der Waals surface area contributed by atoms with Crippen LogP contribution in [0.1, 0.15) is 50.0 Å². The van der Waals surface area contributed by atoms with Gasteiger partial charge in [-0.3, -0.25) is 4.79 Å². The Morgan fingerprint density at radius 2 is 1.72 bits per heavy atom. The van der Waals surface area contributed by atoms with Crippen LogP contribution in [0.2, 0.25) is 0 Å². The van der Waals surface area contributed by atoms with Gasteiger partial charge < -0.3 is 14.4 Å². The Morgan fingerprint density at radius 3 is 2.38 bits per heavy atom. The highest BCUT2D eigenvalue weighted by molar-refractivity contribution is 8.00. The van der Waals surface area contributed by atoms with Crippen molar-refractivity contribution in [1.82, 2.24) is 14.5 Å². The van der Waals surface area contributed by atoms with Crippen molar-refractivity contribution in [2.24, 2.45) is 0 Å². The van der Waals surface area contributed by atoms with Crippen molar-refractivity contribution in [3.8, 4) is 0 Å². The molecule has 4 rings (SSSR count). The van der Waals surface area contributed by atoms with Crippen LogP contribution in [0.3, 0.4) is 0 Å². The minimum absolute atomic E-state index is 0.111. The van der Waals surface area contributed by atoms with E-state index in [0.29, 0.717) is 6.04 Å². The molecule has 1 atom stereocenters. The first-order chi connectivity index (χ1) is 14.0. The first-order valence-electron chi connectivity index (χ1n) is 10.9. The number of carbonyl (C=O) groups excluding carboxylic acids is 1.